The average Bonchev–Trinajstić information content (AvgIpc) is 3.43. The average molecular weight is 426 g/mol. The van der Waals surface area contributed by atoms with Crippen molar-refractivity contribution in [2.75, 3.05) is 38.1 Å². The molecule has 5 aromatic rings. The highest BCUT2D eigenvalue weighted by Gasteiger charge is 2.21. The van der Waals surface area contributed by atoms with Gasteiger partial charge in [0.05, 0.1) is 16.7 Å². The van der Waals surface area contributed by atoms with Gasteiger partial charge in [0, 0.05) is 50.3 Å². The molecule has 0 atom stereocenters. The number of aryl methyl sites for hydroxylation is 1. The smallest absolute Gasteiger partial charge is 0.161 e. The van der Waals surface area contributed by atoms with Gasteiger partial charge in [-0.15, -0.1) is 0 Å². The van der Waals surface area contributed by atoms with Crippen LogP contribution >= 0.6 is 0 Å². The summed E-state index contributed by atoms with van der Waals surface area (Å²) in [6, 6.07) is 7.94. The molecule has 0 amide bonds. The van der Waals surface area contributed by atoms with Gasteiger partial charge in [-0.05, 0) is 43.8 Å². The Morgan fingerprint density at radius 2 is 1.78 bits per heavy atom. The first-order valence-corrected chi connectivity index (χ1v) is 10.7. The highest BCUT2D eigenvalue weighted by molar-refractivity contribution is 5.94. The van der Waals surface area contributed by atoms with E-state index in [9.17, 15) is 0 Å². The van der Waals surface area contributed by atoms with Crippen molar-refractivity contribution in [1.82, 2.24) is 40.0 Å². The molecule has 0 saturated carbocycles. The number of H-pyrrole nitrogens is 2. The van der Waals surface area contributed by atoms with Crippen LogP contribution in [0.3, 0.4) is 0 Å². The third kappa shape index (κ3) is 3.09. The molecule has 0 aromatic carbocycles. The monoisotopic (exact) mass is 425 g/mol. The Hall–Kier alpha value is -3.85. The number of aromatic amines is 2. The van der Waals surface area contributed by atoms with E-state index < -0.39 is 0 Å². The second-order valence-electron chi connectivity index (χ2n) is 8.26. The summed E-state index contributed by atoms with van der Waals surface area (Å²) in [6.07, 6.45) is 5.47. The van der Waals surface area contributed by atoms with Crippen molar-refractivity contribution < 1.29 is 0 Å². The zero-order chi connectivity index (χ0) is 21.7. The molecule has 9 nitrogen and oxygen atoms in total. The molecule has 0 radical (unpaired) electrons. The molecule has 6 heterocycles. The first-order valence-electron chi connectivity index (χ1n) is 10.7. The fourth-order valence-corrected chi connectivity index (χ4v) is 4.23. The van der Waals surface area contributed by atoms with Crippen LogP contribution in [-0.4, -0.2) is 73.2 Å². The largest absolute Gasteiger partial charge is 0.352 e. The Labute approximate surface area is 184 Å². The van der Waals surface area contributed by atoms with E-state index in [-0.39, 0.29) is 0 Å². The van der Waals surface area contributed by atoms with Crippen molar-refractivity contribution in [2.45, 2.75) is 6.92 Å². The number of hydrogen-bond acceptors (Lipinski definition) is 7. The molecule has 5 aromatic heterocycles. The summed E-state index contributed by atoms with van der Waals surface area (Å²) in [7, 11) is 2.15. The zero-order valence-electron chi connectivity index (χ0n) is 18.0. The van der Waals surface area contributed by atoms with Gasteiger partial charge in [0.1, 0.15) is 11.0 Å². The predicted molar refractivity (Wildman–Crippen MR) is 124 cm³/mol. The maximum atomic E-state index is 4.91. The molecule has 2 N–H and O–H groups in total. The summed E-state index contributed by atoms with van der Waals surface area (Å²) in [5, 5.41) is 7.62. The summed E-state index contributed by atoms with van der Waals surface area (Å²) in [6.45, 7) is 5.96. The Bertz CT molecular complexity index is 1430. The topological polar surface area (TPSA) is 103 Å². The lowest BCUT2D eigenvalue weighted by atomic mass is 10.1. The minimum Gasteiger partial charge on any atom is -0.352 e. The molecule has 1 fully saturated rings. The molecule has 0 aliphatic carbocycles. The number of nitrogens with one attached hydrogen (secondary N) is 2. The maximum absolute atomic E-state index is 4.91. The Kier molecular flexibility index (Phi) is 4.36. The van der Waals surface area contributed by atoms with Crippen LogP contribution in [0.25, 0.3) is 44.8 Å². The quantitative estimate of drug-likeness (QED) is 0.458. The fourth-order valence-electron chi connectivity index (χ4n) is 4.23. The van der Waals surface area contributed by atoms with Crippen LogP contribution in [-0.2, 0) is 0 Å². The van der Waals surface area contributed by atoms with Gasteiger partial charge in [0.15, 0.2) is 17.3 Å². The number of nitrogens with zero attached hydrogens (tertiary/aromatic N) is 7. The fraction of sp³-hybridized carbons (Fsp3) is 0.261. The minimum absolute atomic E-state index is 0.683. The molecule has 9 heteroatoms. The number of pyridine rings is 3. The van der Waals surface area contributed by atoms with Crippen LogP contribution in [0.2, 0.25) is 0 Å². The Balaban J connectivity index is 1.45. The number of aromatic nitrogens is 7. The summed E-state index contributed by atoms with van der Waals surface area (Å²) >= 11 is 0. The lowest BCUT2D eigenvalue weighted by molar-refractivity contribution is 0.312. The van der Waals surface area contributed by atoms with E-state index >= 15 is 0 Å². The number of fused-ring (bicyclic) bond motifs is 2. The zero-order valence-corrected chi connectivity index (χ0v) is 18.0. The number of anilines is 1. The lowest BCUT2D eigenvalue weighted by Gasteiger charge is -2.33. The molecule has 32 heavy (non-hydrogen) atoms. The van der Waals surface area contributed by atoms with Crippen molar-refractivity contribution in [3.8, 4) is 22.8 Å². The van der Waals surface area contributed by atoms with E-state index in [1.807, 2.05) is 36.7 Å². The van der Waals surface area contributed by atoms with Gasteiger partial charge in [-0.3, -0.25) is 10.1 Å². The molecule has 6 rings (SSSR count). The summed E-state index contributed by atoms with van der Waals surface area (Å²) in [4.78, 5) is 26.8. The standard InChI is InChI=1S/C23H23N9/c1-14-5-7-24-13-15(14)16-3-4-18-19(26-16)21(30-29-18)22-27-17-6-8-25-23(20(17)28-22)32-11-9-31(2)10-12-32/h3-8,13H,9-12H2,1-2H3,(H,27,28)(H,29,30). The highest BCUT2D eigenvalue weighted by atomic mass is 15.3. The summed E-state index contributed by atoms with van der Waals surface area (Å²) in [5.41, 5.74) is 7.14. The van der Waals surface area contributed by atoms with Crippen molar-refractivity contribution in [3.05, 3.63) is 48.4 Å². The van der Waals surface area contributed by atoms with Gasteiger partial charge >= 0.3 is 0 Å². The summed E-state index contributed by atoms with van der Waals surface area (Å²) < 4.78 is 0. The number of likely N-dealkylation sites (N-methyl/N-ethyl adjacent to an activating group) is 1. The Morgan fingerprint density at radius 3 is 2.62 bits per heavy atom. The molecule has 0 spiro atoms. The van der Waals surface area contributed by atoms with Crippen LogP contribution in [0, 0.1) is 6.92 Å². The normalized spacial score (nSPS) is 15.1. The van der Waals surface area contributed by atoms with Gasteiger partial charge in [-0.25, -0.2) is 15.0 Å². The first-order chi connectivity index (χ1) is 15.7. The predicted octanol–water partition coefficient (Wildman–Crippen LogP) is 3.02. The van der Waals surface area contributed by atoms with E-state index in [1.54, 1.807) is 6.20 Å². The van der Waals surface area contributed by atoms with Gasteiger partial charge in [-0.2, -0.15) is 5.10 Å². The third-order valence-corrected chi connectivity index (χ3v) is 6.13. The van der Waals surface area contributed by atoms with Crippen LogP contribution in [0.15, 0.2) is 42.9 Å². The lowest BCUT2D eigenvalue weighted by Crippen LogP contribution is -2.44. The summed E-state index contributed by atoms with van der Waals surface area (Å²) in [5.74, 6) is 1.60. The van der Waals surface area contributed by atoms with Crippen molar-refractivity contribution >= 4 is 27.9 Å². The van der Waals surface area contributed by atoms with E-state index in [4.69, 9.17) is 9.97 Å². The minimum atomic E-state index is 0.683. The Morgan fingerprint density at radius 1 is 0.906 bits per heavy atom. The molecule has 1 aliphatic heterocycles. The third-order valence-electron chi connectivity index (χ3n) is 6.13. The van der Waals surface area contributed by atoms with Crippen LogP contribution in [0.4, 0.5) is 5.82 Å². The molecular formula is C23H23N9. The molecule has 0 bridgehead atoms. The van der Waals surface area contributed by atoms with Gasteiger partial charge in [0.2, 0.25) is 0 Å². The van der Waals surface area contributed by atoms with Crippen molar-refractivity contribution in [2.24, 2.45) is 0 Å². The number of piperazine rings is 1. The van der Waals surface area contributed by atoms with E-state index in [0.29, 0.717) is 11.5 Å². The van der Waals surface area contributed by atoms with E-state index in [1.165, 1.54) is 0 Å². The SMILES string of the molecule is Cc1ccncc1-c1ccc2[nH]nc(-c3nc4c(N5CCN(C)CC5)nccc4[nH]3)c2n1. The van der Waals surface area contributed by atoms with Crippen LogP contribution < -0.4 is 4.90 Å². The molecular weight excluding hydrogens is 402 g/mol. The maximum Gasteiger partial charge on any atom is 0.161 e. The van der Waals surface area contributed by atoms with Gasteiger partial charge < -0.3 is 14.8 Å². The number of rotatable bonds is 3. The van der Waals surface area contributed by atoms with Gasteiger partial charge in [0.25, 0.3) is 0 Å². The molecule has 1 aliphatic rings. The van der Waals surface area contributed by atoms with E-state index in [0.717, 1.165) is 70.9 Å². The van der Waals surface area contributed by atoms with Crippen LogP contribution in [0.1, 0.15) is 5.56 Å². The van der Waals surface area contributed by atoms with Crippen LogP contribution in [0.5, 0.6) is 0 Å². The molecule has 160 valence electrons. The highest BCUT2D eigenvalue weighted by Crippen LogP contribution is 2.30. The number of imidazole rings is 1. The van der Waals surface area contributed by atoms with Gasteiger partial charge in [-0.1, -0.05) is 0 Å². The second-order valence-corrected chi connectivity index (χ2v) is 8.26. The second kappa shape index (κ2) is 7.38. The van der Waals surface area contributed by atoms with Crippen molar-refractivity contribution in [1.29, 1.82) is 0 Å². The number of hydrogen-bond donors (Lipinski definition) is 2. The van der Waals surface area contributed by atoms with E-state index in [2.05, 4.69) is 48.9 Å². The molecule has 0 unspecified atom stereocenters. The molecule has 1 saturated heterocycles. The van der Waals surface area contributed by atoms with Crippen molar-refractivity contribution in [3.63, 3.8) is 0 Å². The first kappa shape index (κ1) is 18.9.